The molecule has 2 aromatic carbocycles. The zero-order valence-electron chi connectivity index (χ0n) is 21.8. The number of H-pyrrole nitrogens is 1. The first kappa shape index (κ1) is 26.9. The molecule has 1 unspecified atom stereocenters. The molecule has 1 saturated heterocycles. The van der Waals surface area contributed by atoms with E-state index in [0.29, 0.717) is 24.9 Å². The predicted octanol–water partition coefficient (Wildman–Crippen LogP) is 3.47. The number of hydrogen-bond acceptors (Lipinski definition) is 5. The van der Waals surface area contributed by atoms with E-state index in [1.165, 1.54) is 0 Å². The van der Waals surface area contributed by atoms with Gasteiger partial charge in [0.25, 0.3) is 0 Å². The Morgan fingerprint density at radius 2 is 1.76 bits per heavy atom. The lowest BCUT2D eigenvalue weighted by atomic mass is 9.99. The minimum Gasteiger partial charge on any atom is -0.361 e. The zero-order valence-corrected chi connectivity index (χ0v) is 22.6. The van der Waals surface area contributed by atoms with Crippen LogP contribution >= 0.6 is 0 Å². The van der Waals surface area contributed by atoms with Crippen LogP contribution in [0.5, 0.6) is 0 Å². The van der Waals surface area contributed by atoms with Gasteiger partial charge in [-0.3, -0.25) is 9.59 Å². The van der Waals surface area contributed by atoms with Crippen LogP contribution in [0, 0.1) is 12.8 Å². The molecule has 0 saturated carbocycles. The lowest BCUT2D eigenvalue weighted by Gasteiger charge is -2.35. The van der Waals surface area contributed by atoms with Gasteiger partial charge in [0.1, 0.15) is 11.3 Å². The Balaban J connectivity index is 1.81. The number of aryl methyl sites for hydroxylation is 1. The molecule has 0 aliphatic carbocycles. The minimum atomic E-state index is -3.89. The molecule has 198 valence electrons. The third kappa shape index (κ3) is 5.29. The number of hydrogen-bond donors (Lipinski definition) is 3. The average molecular weight is 525 g/mol. The van der Waals surface area contributed by atoms with Gasteiger partial charge in [-0.05, 0) is 56.4 Å². The zero-order chi connectivity index (χ0) is 26.9. The maximum absolute atomic E-state index is 14.3. The summed E-state index contributed by atoms with van der Waals surface area (Å²) in [6.07, 6.45) is 2.96. The smallest absolute Gasteiger partial charge is 0.245 e. The Labute approximate surface area is 218 Å². The van der Waals surface area contributed by atoms with Gasteiger partial charge in [0.15, 0.2) is 9.84 Å². The highest BCUT2D eigenvalue weighted by Gasteiger charge is 2.45. The summed E-state index contributed by atoms with van der Waals surface area (Å²) in [6.45, 7) is 7.61. The number of carbonyl (C=O) groups is 2. The number of aromatic nitrogens is 1. The summed E-state index contributed by atoms with van der Waals surface area (Å²) in [5, 5.41) is 2.62. The fraction of sp³-hybridized carbons (Fsp3) is 0.429. The van der Waals surface area contributed by atoms with Crippen LogP contribution in [-0.4, -0.2) is 54.8 Å². The Kier molecular flexibility index (Phi) is 7.75. The number of rotatable bonds is 8. The van der Waals surface area contributed by atoms with Gasteiger partial charge in [-0.1, -0.05) is 49.7 Å². The first-order valence-corrected chi connectivity index (χ1v) is 14.3. The molecule has 2 amide bonds. The van der Waals surface area contributed by atoms with E-state index in [-0.39, 0.29) is 16.7 Å². The average Bonchev–Trinajstić information content (AvgIpc) is 3.50. The van der Waals surface area contributed by atoms with Crippen molar-refractivity contribution in [1.82, 2.24) is 15.2 Å². The van der Waals surface area contributed by atoms with E-state index in [4.69, 9.17) is 5.73 Å². The van der Waals surface area contributed by atoms with Crippen molar-refractivity contribution in [3.8, 4) is 0 Å². The molecule has 0 spiro atoms. The summed E-state index contributed by atoms with van der Waals surface area (Å²) >= 11 is 0. The molecule has 1 fully saturated rings. The van der Waals surface area contributed by atoms with E-state index >= 15 is 0 Å². The summed E-state index contributed by atoms with van der Waals surface area (Å²) in [7, 11) is -3.89. The number of nitrogens with zero attached hydrogens (tertiary/aromatic N) is 1. The van der Waals surface area contributed by atoms with Crippen molar-refractivity contribution in [3.63, 3.8) is 0 Å². The summed E-state index contributed by atoms with van der Waals surface area (Å²) in [6, 6.07) is 12.3. The monoisotopic (exact) mass is 524 g/mol. The number of nitrogens with two attached hydrogens (primary N) is 1. The summed E-state index contributed by atoms with van der Waals surface area (Å²) in [5.74, 6) is -0.893. The summed E-state index contributed by atoms with van der Waals surface area (Å²) in [4.78, 5) is 31.3. The first-order valence-electron chi connectivity index (χ1n) is 12.8. The fourth-order valence-corrected chi connectivity index (χ4v) is 7.18. The Morgan fingerprint density at radius 1 is 1.08 bits per heavy atom. The highest BCUT2D eigenvalue weighted by atomic mass is 32.2. The SMILES string of the molecule is Cc1ccc(S(=O)(=O)C(c2c[nH]c3ccccc23)[C@@H]2CCCN2C(=O)[C@@H](NC(=O)[C@H](C)N)C(C)C)cc1. The molecule has 8 nitrogen and oxygen atoms in total. The number of likely N-dealkylation sites (tertiary alicyclic amines) is 1. The molecule has 0 radical (unpaired) electrons. The molecule has 4 rings (SSSR count). The Hall–Kier alpha value is -3.17. The van der Waals surface area contributed by atoms with Crippen LogP contribution in [0.3, 0.4) is 0 Å². The highest BCUT2D eigenvalue weighted by Crippen LogP contribution is 2.41. The standard InChI is InChI=1S/C28H36N4O4S/c1-17(2)25(31-27(33)19(4)29)28(34)32-15-7-10-24(32)26(22-16-30-23-9-6-5-8-21(22)23)37(35,36)20-13-11-18(3)12-14-20/h5-6,8-9,11-14,16-17,19,24-26,30H,7,10,15,29H2,1-4H3,(H,31,33)/t19-,24-,25-,26?/m0/s1. The maximum Gasteiger partial charge on any atom is 0.245 e. The molecule has 0 bridgehead atoms. The summed E-state index contributed by atoms with van der Waals surface area (Å²) < 4.78 is 28.5. The van der Waals surface area contributed by atoms with E-state index < -0.39 is 39.1 Å². The molecule has 37 heavy (non-hydrogen) atoms. The van der Waals surface area contributed by atoms with Gasteiger partial charge in [-0.15, -0.1) is 0 Å². The second-order valence-electron chi connectivity index (χ2n) is 10.3. The molecular formula is C28H36N4O4S. The number of fused-ring (bicyclic) bond motifs is 1. The number of nitrogens with one attached hydrogen (secondary N) is 2. The van der Waals surface area contributed by atoms with Gasteiger partial charge in [-0.25, -0.2) is 8.42 Å². The van der Waals surface area contributed by atoms with Gasteiger partial charge in [-0.2, -0.15) is 0 Å². The number of aromatic amines is 1. The number of amides is 2. The number of sulfone groups is 1. The van der Waals surface area contributed by atoms with Gasteiger partial charge < -0.3 is 20.9 Å². The third-order valence-electron chi connectivity index (χ3n) is 7.19. The molecule has 9 heteroatoms. The molecule has 4 N–H and O–H groups in total. The van der Waals surface area contributed by atoms with Crippen LogP contribution in [0.2, 0.25) is 0 Å². The minimum absolute atomic E-state index is 0.198. The van der Waals surface area contributed by atoms with Crippen LogP contribution in [0.15, 0.2) is 59.6 Å². The van der Waals surface area contributed by atoms with Gasteiger partial charge >= 0.3 is 0 Å². The lowest BCUT2D eigenvalue weighted by Crippen LogP contribution is -2.56. The van der Waals surface area contributed by atoms with Gasteiger partial charge in [0.2, 0.25) is 11.8 Å². The van der Waals surface area contributed by atoms with E-state index in [0.717, 1.165) is 16.5 Å². The molecule has 1 aliphatic heterocycles. The first-order chi connectivity index (χ1) is 17.5. The van der Waals surface area contributed by atoms with E-state index in [9.17, 15) is 18.0 Å². The van der Waals surface area contributed by atoms with Crippen LogP contribution in [-0.2, 0) is 19.4 Å². The third-order valence-corrected chi connectivity index (χ3v) is 9.35. The fourth-order valence-electron chi connectivity index (χ4n) is 5.14. The summed E-state index contributed by atoms with van der Waals surface area (Å²) in [5.41, 5.74) is 8.18. The van der Waals surface area contributed by atoms with Crippen molar-refractivity contribution in [2.75, 3.05) is 6.54 Å². The van der Waals surface area contributed by atoms with E-state index in [1.807, 2.05) is 45.0 Å². The number of para-hydroxylation sites is 1. The van der Waals surface area contributed by atoms with Gasteiger partial charge in [0.05, 0.1) is 17.0 Å². The molecule has 3 aromatic rings. The van der Waals surface area contributed by atoms with Crippen molar-refractivity contribution in [1.29, 1.82) is 0 Å². The Bertz CT molecular complexity index is 1380. The molecule has 1 aromatic heterocycles. The van der Waals surface area contributed by atoms with Crippen molar-refractivity contribution in [2.24, 2.45) is 11.7 Å². The van der Waals surface area contributed by atoms with E-state index in [2.05, 4.69) is 10.3 Å². The Morgan fingerprint density at radius 3 is 2.41 bits per heavy atom. The number of carbonyl (C=O) groups excluding carboxylic acids is 2. The molecule has 4 atom stereocenters. The topological polar surface area (TPSA) is 125 Å². The molecular weight excluding hydrogens is 488 g/mol. The normalized spacial score (nSPS) is 18.6. The van der Waals surface area contributed by atoms with Crippen molar-refractivity contribution < 1.29 is 18.0 Å². The van der Waals surface area contributed by atoms with Crippen molar-refractivity contribution in [3.05, 3.63) is 65.9 Å². The largest absolute Gasteiger partial charge is 0.361 e. The lowest BCUT2D eigenvalue weighted by molar-refractivity contribution is -0.138. The highest BCUT2D eigenvalue weighted by molar-refractivity contribution is 7.91. The van der Waals surface area contributed by atoms with Crippen LogP contribution in [0.4, 0.5) is 0 Å². The van der Waals surface area contributed by atoms with E-state index in [1.54, 1.807) is 42.3 Å². The van der Waals surface area contributed by atoms with Crippen LogP contribution < -0.4 is 11.1 Å². The van der Waals surface area contributed by atoms with Gasteiger partial charge in [0, 0.05) is 23.6 Å². The predicted molar refractivity (Wildman–Crippen MR) is 145 cm³/mol. The quantitative estimate of drug-likeness (QED) is 0.416. The molecule has 1 aliphatic rings. The van der Waals surface area contributed by atoms with Crippen LogP contribution in [0.25, 0.3) is 10.9 Å². The van der Waals surface area contributed by atoms with Crippen molar-refractivity contribution in [2.45, 2.75) is 68.8 Å². The number of benzene rings is 2. The second kappa shape index (κ2) is 10.7. The second-order valence-corrected chi connectivity index (χ2v) is 12.4. The molecule has 2 heterocycles. The maximum atomic E-state index is 14.3. The van der Waals surface area contributed by atoms with Crippen molar-refractivity contribution >= 4 is 32.6 Å². The van der Waals surface area contributed by atoms with Crippen LogP contribution in [0.1, 0.15) is 50.0 Å².